The first kappa shape index (κ1) is 12.2. The molecule has 0 heterocycles. The normalized spacial score (nSPS) is 17.9. The van der Waals surface area contributed by atoms with E-state index in [9.17, 15) is 9.59 Å². The average Bonchev–Trinajstić information content (AvgIpc) is 2.24. The van der Waals surface area contributed by atoms with Crippen LogP contribution in [0.4, 0.5) is 0 Å². The Morgan fingerprint density at radius 2 is 1.53 bits per heavy atom. The molecule has 0 aromatic carbocycles. The molecule has 0 spiro atoms. The van der Waals surface area contributed by atoms with Crippen molar-refractivity contribution in [3.63, 3.8) is 0 Å². The molecule has 0 bridgehead atoms. The van der Waals surface area contributed by atoms with Crippen LogP contribution in [0.25, 0.3) is 0 Å². The number of carbonyl (C=O) groups is 2. The Morgan fingerprint density at radius 3 is 2.07 bits per heavy atom. The molecule has 0 atom stereocenters. The number of ketones is 2. The maximum Gasteiger partial charge on any atom is 0.195 e. The second kappa shape index (κ2) is 4.77. The first-order chi connectivity index (χ1) is 7.00. The van der Waals surface area contributed by atoms with Crippen molar-refractivity contribution >= 4 is 23.3 Å². The van der Waals surface area contributed by atoms with Crippen molar-refractivity contribution in [2.24, 2.45) is 0 Å². The number of allylic oxidation sites excluding steroid dienone is 4. The molecule has 1 aliphatic carbocycles. The molecule has 0 saturated carbocycles. The molecule has 0 aliphatic heterocycles. The van der Waals surface area contributed by atoms with Gasteiger partial charge in [-0.15, -0.1) is 11.8 Å². The van der Waals surface area contributed by atoms with Crippen molar-refractivity contribution in [3.8, 4) is 0 Å². The van der Waals surface area contributed by atoms with Crippen molar-refractivity contribution in [2.75, 3.05) is 12.4 Å². The minimum absolute atomic E-state index is 0.00462. The van der Waals surface area contributed by atoms with Crippen LogP contribution in [0.3, 0.4) is 0 Å². The monoisotopic (exact) mass is 226 g/mol. The molecule has 0 radical (unpaired) electrons. The molecule has 15 heavy (non-hydrogen) atoms. The third-order valence-corrected chi connectivity index (χ3v) is 3.64. The van der Waals surface area contributed by atoms with Gasteiger partial charge in [-0.3, -0.25) is 9.59 Å². The summed E-state index contributed by atoms with van der Waals surface area (Å²) in [4.78, 5) is 24.0. The van der Waals surface area contributed by atoms with E-state index in [1.165, 1.54) is 11.8 Å². The predicted molar refractivity (Wildman–Crippen MR) is 60.6 cm³/mol. The molecule has 0 fully saturated rings. The molecule has 0 unspecified atom stereocenters. The summed E-state index contributed by atoms with van der Waals surface area (Å²) < 4.78 is 0. The van der Waals surface area contributed by atoms with Crippen LogP contribution in [0.15, 0.2) is 21.6 Å². The summed E-state index contributed by atoms with van der Waals surface area (Å²) in [6.07, 6.45) is 0. The number of Topliss-reactive ketones (excluding diaryl/α,β-unsaturated/α-hetero) is 2. The second-order valence-electron chi connectivity index (χ2n) is 3.43. The fraction of sp³-hybridized carbons (Fsp3) is 0.455. The Kier molecular flexibility index (Phi) is 3.88. The third-order valence-electron chi connectivity index (χ3n) is 2.47. The third kappa shape index (κ3) is 2.21. The largest absolute Gasteiger partial charge is 0.396 e. The van der Waals surface area contributed by atoms with E-state index in [1.54, 1.807) is 20.8 Å². The number of aliphatic hydroxyl groups is 1. The van der Waals surface area contributed by atoms with Crippen molar-refractivity contribution < 1.29 is 14.7 Å². The number of thioether (sulfide) groups is 1. The zero-order valence-corrected chi connectivity index (χ0v) is 9.90. The molecule has 1 N–H and O–H groups in total. The number of rotatable bonds is 3. The van der Waals surface area contributed by atoms with Crippen molar-refractivity contribution in [2.45, 2.75) is 20.8 Å². The van der Waals surface area contributed by atoms with Gasteiger partial charge in [-0.25, -0.2) is 0 Å². The van der Waals surface area contributed by atoms with Crippen LogP contribution < -0.4 is 0 Å². The van der Waals surface area contributed by atoms with Gasteiger partial charge in [0, 0.05) is 22.5 Å². The minimum atomic E-state index is -0.0805. The lowest BCUT2D eigenvalue weighted by molar-refractivity contribution is -0.116. The van der Waals surface area contributed by atoms with Crippen molar-refractivity contribution in [1.82, 2.24) is 0 Å². The molecule has 1 rings (SSSR count). The Labute approximate surface area is 93.2 Å². The highest BCUT2D eigenvalue weighted by Crippen LogP contribution is 2.31. The summed E-state index contributed by atoms with van der Waals surface area (Å²) in [6.45, 7) is 5.01. The molecule has 82 valence electrons. The minimum Gasteiger partial charge on any atom is -0.396 e. The topological polar surface area (TPSA) is 54.4 Å². The number of hydrogen-bond acceptors (Lipinski definition) is 4. The van der Waals surface area contributed by atoms with Gasteiger partial charge in [0.1, 0.15) is 0 Å². The summed E-state index contributed by atoms with van der Waals surface area (Å²) in [5.74, 6) is 0.300. The maximum atomic E-state index is 11.8. The molecule has 0 saturated heterocycles. The zero-order chi connectivity index (χ0) is 11.6. The van der Waals surface area contributed by atoms with Gasteiger partial charge in [0.25, 0.3) is 0 Å². The van der Waals surface area contributed by atoms with Gasteiger partial charge in [0.05, 0.1) is 11.5 Å². The van der Waals surface area contributed by atoms with Crippen LogP contribution in [-0.4, -0.2) is 29.0 Å². The summed E-state index contributed by atoms with van der Waals surface area (Å²) in [6, 6.07) is 0. The molecule has 0 amide bonds. The van der Waals surface area contributed by atoms with Gasteiger partial charge in [0.15, 0.2) is 11.6 Å². The first-order valence-corrected chi connectivity index (χ1v) is 5.70. The molecule has 1 aliphatic rings. The second-order valence-corrected chi connectivity index (χ2v) is 4.54. The van der Waals surface area contributed by atoms with Gasteiger partial charge in [-0.2, -0.15) is 0 Å². The fourth-order valence-electron chi connectivity index (χ4n) is 1.39. The Bertz CT molecular complexity index is 377. The summed E-state index contributed by atoms with van der Waals surface area (Å²) in [7, 11) is 0. The SMILES string of the molecule is CC1=C(C)C(=O)C(SCCO)=C(C)C1=O. The molecule has 4 heteroatoms. The Morgan fingerprint density at radius 1 is 1.00 bits per heavy atom. The fourth-order valence-corrected chi connectivity index (χ4v) is 2.28. The van der Waals surface area contributed by atoms with E-state index in [1.807, 2.05) is 0 Å². The van der Waals surface area contributed by atoms with Crippen LogP contribution in [-0.2, 0) is 9.59 Å². The highest BCUT2D eigenvalue weighted by molar-refractivity contribution is 8.04. The van der Waals surface area contributed by atoms with Gasteiger partial charge in [-0.05, 0) is 20.8 Å². The number of hydrogen-bond donors (Lipinski definition) is 1. The average molecular weight is 226 g/mol. The first-order valence-electron chi connectivity index (χ1n) is 4.72. The molecular formula is C11H14O3S. The van der Waals surface area contributed by atoms with E-state index >= 15 is 0 Å². The highest BCUT2D eigenvalue weighted by atomic mass is 32.2. The lowest BCUT2D eigenvalue weighted by atomic mass is 9.92. The van der Waals surface area contributed by atoms with Crippen LogP contribution in [0, 0.1) is 0 Å². The van der Waals surface area contributed by atoms with Gasteiger partial charge < -0.3 is 5.11 Å². The zero-order valence-electron chi connectivity index (χ0n) is 9.09. The van der Waals surface area contributed by atoms with E-state index in [4.69, 9.17) is 5.11 Å². The smallest absolute Gasteiger partial charge is 0.195 e. The summed E-state index contributed by atoms with van der Waals surface area (Å²) >= 11 is 1.25. The van der Waals surface area contributed by atoms with E-state index in [0.717, 1.165) is 0 Å². The Hall–Kier alpha value is -0.870. The van der Waals surface area contributed by atoms with Crippen LogP contribution in [0.1, 0.15) is 20.8 Å². The van der Waals surface area contributed by atoms with Gasteiger partial charge in [-0.1, -0.05) is 0 Å². The Balaban J connectivity index is 3.05. The number of carbonyl (C=O) groups excluding carboxylic acids is 2. The number of aliphatic hydroxyl groups excluding tert-OH is 1. The van der Waals surface area contributed by atoms with E-state index in [0.29, 0.717) is 27.4 Å². The standard InChI is InChI=1S/C11H14O3S/c1-6-7(2)10(14)11(15-5-4-12)8(3)9(6)13/h12H,4-5H2,1-3H3. The van der Waals surface area contributed by atoms with Crippen molar-refractivity contribution in [1.29, 1.82) is 0 Å². The molecular weight excluding hydrogens is 212 g/mol. The predicted octanol–water partition coefficient (Wildman–Crippen LogP) is 1.47. The van der Waals surface area contributed by atoms with Crippen LogP contribution >= 0.6 is 11.8 Å². The summed E-state index contributed by atoms with van der Waals surface area (Å²) in [5, 5.41) is 8.70. The van der Waals surface area contributed by atoms with Gasteiger partial charge in [0.2, 0.25) is 0 Å². The lowest BCUT2D eigenvalue weighted by Gasteiger charge is -2.17. The quantitative estimate of drug-likeness (QED) is 0.740. The summed E-state index contributed by atoms with van der Waals surface area (Å²) in [5.41, 5.74) is 1.55. The van der Waals surface area contributed by atoms with Crippen LogP contribution in [0.2, 0.25) is 0 Å². The maximum absolute atomic E-state index is 11.8. The molecule has 3 nitrogen and oxygen atoms in total. The van der Waals surface area contributed by atoms with Gasteiger partial charge >= 0.3 is 0 Å². The lowest BCUT2D eigenvalue weighted by Crippen LogP contribution is -2.19. The van der Waals surface area contributed by atoms with E-state index < -0.39 is 0 Å². The van der Waals surface area contributed by atoms with Crippen molar-refractivity contribution in [3.05, 3.63) is 21.6 Å². The van der Waals surface area contributed by atoms with E-state index in [-0.39, 0.29) is 18.2 Å². The highest BCUT2D eigenvalue weighted by Gasteiger charge is 2.27. The van der Waals surface area contributed by atoms with Crippen LogP contribution in [0.5, 0.6) is 0 Å². The molecule has 0 aromatic rings. The molecule has 0 aromatic heterocycles. The van der Waals surface area contributed by atoms with E-state index in [2.05, 4.69) is 0 Å².